The van der Waals surface area contributed by atoms with Crippen LogP contribution in [0.25, 0.3) is 10.4 Å². The molecule has 6 atom stereocenters. The Kier molecular flexibility index (Phi) is 10.6. The summed E-state index contributed by atoms with van der Waals surface area (Å²) in [4.78, 5) is 48.4. The van der Waals surface area contributed by atoms with Crippen LogP contribution in [0.3, 0.4) is 0 Å². The molecule has 17 heteroatoms. The van der Waals surface area contributed by atoms with Gasteiger partial charge in [0.1, 0.15) is 30.3 Å². The second-order valence-electron chi connectivity index (χ2n) is 10.00. The molecule has 3 aromatic rings. The van der Waals surface area contributed by atoms with E-state index in [-0.39, 0.29) is 12.4 Å². The van der Waals surface area contributed by atoms with Crippen LogP contribution in [0.5, 0.6) is 5.75 Å². The minimum Gasteiger partial charge on any atom is -0.459 e. The van der Waals surface area contributed by atoms with Crippen LogP contribution in [0.4, 0.5) is 0 Å². The van der Waals surface area contributed by atoms with Crippen molar-refractivity contribution in [3.63, 3.8) is 0 Å². The topological polar surface area (TPSA) is 218 Å². The Hall–Kier alpha value is -4.40. The minimum atomic E-state index is -3.12. The van der Waals surface area contributed by atoms with Crippen molar-refractivity contribution in [1.29, 1.82) is 0 Å². The van der Waals surface area contributed by atoms with Crippen LogP contribution in [0, 0.1) is 5.92 Å². The number of nitrogens with zero attached hydrogens (tertiary/aromatic N) is 5. The van der Waals surface area contributed by atoms with Crippen molar-refractivity contribution in [3.05, 3.63) is 110 Å². The molecular formula is C27H30N6O10P+. The number of aliphatic hydroxyl groups is 2. The number of carbonyl (C=O) groups is 1. The molecule has 0 saturated carbocycles. The number of H-pyrrole nitrogens is 1. The molecule has 44 heavy (non-hydrogen) atoms. The second-order valence-corrected chi connectivity index (χ2v) is 11.1. The van der Waals surface area contributed by atoms with Crippen molar-refractivity contribution in [2.24, 2.45) is 11.0 Å². The molecule has 2 heterocycles. The van der Waals surface area contributed by atoms with Crippen molar-refractivity contribution in [1.82, 2.24) is 14.4 Å². The van der Waals surface area contributed by atoms with Gasteiger partial charge in [0.05, 0.1) is 0 Å². The van der Waals surface area contributed by atoms with Gasteiger partial charge >= 0.3 is 19.8 Å². The standard InChI is InChI=1S/C27H29N6O10P/c1-17(2)21(25(37)40-15-18-9-5-3-6-10-18)33(43-19-11-7-4-8-12-19)44(39)41-16-27(30-31-28)23(36)22(35)24(42-27)32-14-13-20(34)29-26(32)38/h3-14,17,21-24,35-36H,15-16H2,1-2H3/p+1/t21?,22-,23+,24-,27-/m1/s1. The zero-order chi connectivity index (χ0) is 31.9. The number of benzene rings is 2. The summed E-state index contributed by atoms with van der Waals surface area (Å²) in [6.07, 6.45) is -4.45. The third-order valence-corrected chi connectivity index (χ3v) is 7.56. The lowest BCUT2D eigenvalue weighted by Gasteiger charge is -2.25. The van der Waals surface area contributed by atoms with Crippen LogP contribution < -0.4 is 16.1 Å². The van der Waals surface area contributed by atoms with E-state index < -0.39 is 68.1 Å². The average molecular weight is 630 g/mol. The molecule has 2 unspecified atom stereocenters. The highest BCUT2D eigenvalue weighted by Crippen LogP contribution is 2.42. The summed E-state index contributed by atoms with van der Waals surface area (Å²) in [7, 11) is -3.12. The molecule has 2 aromatic carbocycles. The summed E-state index contributed by atoms with van der Waals surface area (Å²) >= 11 is 0. The number of aliphatic hydroxyl groups excluding tert-OH is 2. The molecule has 232 valence electrons. The summed E-state index contributed by atoms with van der Waals surface area (Å²) in [5.41, 5.74) is 5.88. The molecule has 1 fully saturated rings. The van der Waals surface area contributed by atoms with E-state index in [0.717, 1.165) is 27.2 Å². The summed E-state index contributed by atoms with van der Waals surface area (Å²) in [6.45, 7) is 2.36. The molecule has 0 bridgehead atoms. The lowest BCUT2D eigenvalue weighted by molar-refractivity contribution is -0.161. The van der Waals surface area contributed by atoms with E-state index in [1.54, 1.807) is 68.4 Å². The van der Waals surface area contributed by atoms with Crippen LogP contribution in [-0.2, 0) is 30.0 Å². The van der Waals surface area contributed by atoms with Gasteiger partial charge in [-0.2, -0.15) is 0 Å². The number of esters is 1. The maximum absolute atomic E-state index is 13.7. The van der Waals surface area contributed by atoms with Gasteiger partial charge in [-0.05, 0) is 33.7 Å². The third kappa shape index (κ3) is 7.38. The zero-order valence-electron chi connectivity index (χ0n) is 23.6. The van der Waals surface area contributed by atoms with Gasteiger partial charge < -0.3 is 24.5 Å². The largest absolute Gasteiger partial charge is 0.653 e. The lowest BCUT2D eigenvalue weighted by Crippen LogP contribution is -2.46. The molecule has 1 saturated heterocycles. The number of rotatable bonds is 13. The number of para-hydroxylation sites is 1. The summed E-state index contributed by atoms with van der Waals surface area (Å²) in [5.74, 6) is -1.10. The lowest BCUT2D eigenvalue weighted by atomic mass is 10.1. The average Bonchev–Trinajstić information content (AvgIpc) is 3.25. The fraction of sp³-hybridized carbons (Fsp3) is 0.370. The van der Waals surface area contributed by atoms with Crippen molar-refractivity contribution >= 4 is 14.1 Å². The number of aromatic amines is 1. The number of nitrogens with one attached hydrogen (secondary N) is 1. The fourth-order valence-electron chi connectivity index (χ4n) is 4.34. The molecule has 1 aromatic heterocycles. The highest BCUT2D eigenvalue weighted by atomic mass is 31.1. The van der Waals surface area contributed by atoms with Crippen molar-refractivity contribution in [2.45, 2.75) is 50.7 Å². The number of hydroxylamine groups is 1. The Labute approximate surface area is 250 Å². The zero-order valence-corrected chi connectivity index (χ0v) is 24.5. The van der Waals surface area contributed by atoms with E-state index in [2.05, 4.69) is 10.0 Å². The predicted octanol–water partition coefficient (Wildman–Crippen LogP) is 2.53. The van der Waals surface area contributed by atoms with Gasteiger partial charge in [0.25, 0.3) is 5.56 Å². The monoisotopic (exact) mass is 629 g/mol. The Balaban J connectivity index is 1.59. The Morgan fingerprint density at radius 2 is 1.82 bits per heavy atom. The number of carbonyl (C=O) groups excluding carboxylic acids is 1. The fourth-order valence-corrected chi connectivity index (χ4v) is 5.48. The Bertz CT molecular complexity index is 1610. The highest BCUT2D eigenvalue weighted by molar-refractivity contribution is 7.36. The molecule has 4 rings (SSSR count). The molecule has 0 spiro atoms. The molecule has 3 N–H and O–H groups in total. The quantitative estimate of drug-likeness (QED) is 0.0623. The molecule has 16 nitrogen and oxygen atoms in total. The van der Waals surface area contributed by atoms with E-state index in [9.17, 15) is 34.7 Å². The summed E-state index contributed by atoms with van der Waals surface area (Å²) in [5, 5.41) is 25.0. The Morgan fingerprint density at radius 3 is 2.43 bits per heavy atom. The van der Waals surface area contributed by atoms with E-state index in [1.807, 2.05) is 11.1 Å². The third-order valence-electron chi connectivity index (χ3n) is 6.56. The smallest absolute Gasteiger partial charge is 0.459 e. The van der Waals surface area contributed by atoms with Crippen LogP contribution in [-0.4, -0.2) is 61.1 Å². The Morgan fingerprint density at radius 1 is 1.16 bits per heavy atom. The van der Waals surface area contributed by atoms with Crippen LogP contribution >= 0.6 is 8.18 Å². The first kappa shape index (κ1) is 32.5. The number of hydrogen-bond donors (Lipinski definition) is 3. The van der Waals surface area contributed by atoms with E-state index in [4.69, 9.17) is 18.8 Å². The van der Waals surface area contributed by atoms with Gasteiger partial charge in [0.2, 0.25) is 5.72 Å². The number of aromatic nitrogens is 2. The molecule has 1 aliphatic heterocycles. The van der Waals surface area contributed by atoms with Crippen molar-refractivity contribution < 1.29 is 38.4 Å². The molecule has 1 aliphatic rings. The first-order chi connectivity index (χ1) is 21.1. The van der Waals surface area contributed by atoms with Gasteiger partial charge in [-0.15, -0.1) is 4.52 Å². The van der Waals surface area contributed by atoms with Crippen LogP contribution in [0.2, 0.25) is 0 Å². The maximum Gasteiger partial charge on any atom is 0.653 e. The first-order valence-electron chi connectivity index (χ1n) is 13.3. The van der Waals surface area contributed by atoms with Gasteiger partial charge in [-0.1, -0.05) is 67.5 Å². The molecule has 0 aliphatic carbocycles. The highest BCUT2D eigenvalue weighted by Gasteiger charge is 2.58. The first-order valence-corrected chi connectivity index (χ1v) is 14.4. The van der Waals surface area contributed by atoms with Crippen LogP contribution in [0.1, 0.15) is 25.6 Å². The number of ether oxygens (including phenoxy) is 2. The van der Waals surface area contributed by atoms with E-state index >= 15 is 0 Å². The molecular weight excluding hydrogens is 599 g/mol. The van der Waals surface area contributed by atoms with E-state index in [1.165, 1.54) is 0 Å². The SMILES string of the molecule is CC(C)C(C(=O)OCc1ccccc1)N(Oc1ccccc1)[P+](=O)OC[C@@]1(N=[N+]=[N-])O[C@@H](n2ccc(=O)[nH]c2=O)[C@H](O)[C@@H]1O. The van der Waals surface area contributed by atoms with Gasteiger partial charge in [0, 0.05) is 17.2 Å². The number of hydrogen-bond acceptors (Lipinski definition) is 11. The number of azide groups is 1. The minimum absolute atomic E-state index is 0.0663. The normalized spacial score (nSPS) is 22.3. The summed E-state index contributed by atoms with van der Waals surface area (Å²) in [6, 6.07) is 16.8. The van der Waals surface area contributed by atoms with E-state index in [0.29, 0.717) is 0 Å². The second kappa shape index (κ2) is 14.4. The van der Waals surface area contributed by atoms with Crippen molar-refractivity contribution in [2.75, 3.05) is 6.61 Å². The predicted molar refractivity (Wildman–Crippen MR) is 153 cm³/mol. The maximum atomic E-state index is 13.7. The summed E-state index contributed by atoms with van der Waals surface area (Å²) < 4.78 is 31.1. The van der Waals surface area contributed by atoms with Crippen LogP contribution in [0.15, 0.2) is 87.6 Å². The van der Waals surface area contributed by atoms with Gasteiger partial charge in [-0.25, -0.2) is 4.79 Å². The molecule has 0 radical (unpaired) electrons. The van der Waals surface area contributed by atoms with Gasteiger partial charge in [-0.3, -0.25) is 19.1 Å². The molecule has 0 amide bonds. The van der Waals surface area contributed by atoms with Crippen molar-refractivity contribution in [3.8, 4) is 5.75 Å². The van der Waals surface area contributed by atoms with Gasteiger partial charge in [0.15, 0.2) is 18.0 Å².